The highest BCUT2D eigenvalue weighted by Gasteiger charge is 2.15. The first-order valence-corrected chi connectivity index (χ1v) is 10.6. The SMILES string of the molecule is COc1ccc([N+](=O)[O-])cc1NC(=O)CSc1nnc(Nc2ccc(C)c(C)c2)s1. The summed E-state index contributed by atoms with van der Waals surface area (Å²) in [7, 11) is 1.43. The van der Waals surface area contributed by atoms with Gasteiger partial charge < -0.3 is 15.4 Å². The van der Waals surface area contributed by atoms with Crippen molar-refractivity contribution in [2.75, 3.05) is 23.5 Å². The normalized spacial score (nSPS) is 10.5. The molecule has 0 spiro atoms. The van der Waals surface area contributed by atoms with Crippen LogP contribution >= 0.6 is 23.1 Å². The van der Waals surface area contributed by atoms with Crippen molar-refractivity contribution >= 4 is 51.2 Å². The predicted octanol–water partition coefficient (Wildman–Crippen LogP) is 4.55. The molecule has 0 fully saturated rings. The number of rotatable bonds is 8. The van der Waals surface area contributed by atoms with Gasteiger partial charge in [0, 0.05) is 17.8 Å². The number of ether oxygens (including phenoxy) is 1. The Morgan fingerprint density at radius 1 is 1.20 bits per heavy atom. The fourth-order valence-electron chi connectivity index (χ4n) is 2.48. The Morgan fingerprint density at radius 3 is 2.70 bits per heavy atom. The molecule has 1 aromatic heterocycles. The summed E-state index contributed by atoms with van der Waals surface area (Å²) in [4.78, 5) is 22.7. The van der Waals surface area contributed by atoms with Crippen molar-refractivity contribution in [3.05, 3.63) is 57.6 Å². The van der Waals surface area contributed by atoms with Crippen LogP contribution in [0.1, 0.15) is 11.1 Å². The van der Waals surface area contributed by atoms with Crippen molar-refractivity contribution in [2.45, 2.75) is 18.2 Å². The summed E-state index contributed by atoms with van der Waals surface area (Å²) in [5.74, 6) is 0.0804. The van der Waals surface area contributed by atoms with Crippen molar-refractivity contribution in [1.82, 2.24) is 10.2 Å². The number of aromatic nitrogens is 2. The number of hydrogen-bond acceptors (Lipinski definition) is 9. The molecule has 0 aliphatic carbocycles. The number of methoxy groups -OCH3 is 1. The molecule has 0 saturated heterocycles. The molecule has 0 atom stereocenters. The molecule has 0 aliphatic heterocycles. The first-order valence-electron chi connectivity index (χ1n) is 8.78. The van der Waals surface area contributed by atoms with Gasteiger partial charge in [0.25, 0.3) is 5.69 Å². The molecule has 3 aromatic rings. The van der Waals surface area contributed by atoms with E-state index in [2.05, 4.69) is 20.8 Å². The van der Waals surface area contributed by atoms with E-state index in [4.69, 9.17) is 4.74 Å². The Hall–Kier alpha value is -3.18. The average molecular weight is 446 g/mol. The van der Waals surface area contributed by atoms with Gasteiger partial charge in [0.1, 0.15) is 5.75 Å². The summed E-state index contributed by atoms with van der Waals surface area (Å²) >= 11 is 2.56. The highest BCUT2D eigenvalue weighted by molar-refractivity contribution is 8.01. The second-order valence-electron chi connectivity index (χ2n) is 6.28. The Kier molecular flexibility index (Phi) is 6.85. The molecule has 0 radical (unpaired) electrons. The largest absolute Gasteiger partial charge is 0.495 e. The van der Waals surface area contributed by atoms with E-state index in [1.165, 1.54) is 59.5 Å². The van der Waals surface area contributed by atoms with Crippen LogP contribution in [-0.2, 0) is 4.79 Å². The molecule has 30 heavy (non-hydrogen) atoms. The van der Waals surface area contributed by atoms with E-state index in [0.29, 0.717) is 15.2 Å². The number of thioether (sulfide) groups is 1. The maximum atomic E-state index is 12.3. The minimum absolute atomic E-state index is 0.0735. The van der Waals surface area contributed by atoms with Crippen molar-refractivity contribution < 1.29 is 14.5 Å². The number of benzene rings is 2. The van der Waals surface area contributed by atoms with Gasteiger partial charge in [-0.05, 0) is 43.2 Å². The second-order valence-corrected chi connectivity index (χ2v) is 8.48. The lowest BCUT2D eigenvalue weighted by Gasteiger charge is -2.09. The van der Waals surface area contributed by atoms with Gasteiger partial charge >= 0.3 is 0 Å². The maximum Gasteiger partial charge on any atom is 0.271 e. The van der Waals surface area contributed by atoms with Crippen LogP contribution in [-0.4, -0.2) is 33.9 Å². The zero-order chi connectivity index (χ0) is 21.7. The van der Waals surface area contributed by atoms with Crippen LogP contribution in [0.3, 0.4) is 0 Å². The molecule has 0 saturated carbocycles. The molecule has 0 aliphatic rings. The number of non-ortho nitro benzene ring substituents is 1. The number of aryl methyl sites for hydroxylation is 2. The molecule has 2 N–H and O–H groups in total. The molecule has 9 nitrogen and oxygen atoms in total. The molecule has 1 amide bonds. The standard InChI is InChI=1S/C19H19N5O4S2/c1-11-4-5-13(8-12(11)2)20-18-22-23-19(30-18)29-10-17(25)21-15-9-14(24(26)27)6-7-16(15)28-3/h4-9H,10H2,1-3H3,(H,20,22)(H,21,25). The third kappa shape index (κ3) is 5.45. The van der Waals surface area contributed by atoms with Crippen LogP contribution in [0.25, 0.3) is 0 Å². The first-order chi connectivity index (χ1) is 14.4. The number of nitrogens with zero attached hydrogens (tertiary/aromatic N) is 3. The predicted molar refractivity (Wildman–Crippen MR) is 118 cm³/mol. The lowest BCUT2D eigenvalue weighted by molar-refractivity contribution is -0.384. The van der Waals surface area contributed by atoms with Gasteiger partial charge in [0.15, 0.2) is 4.34 Å². The van der Waals surface area contributed by atoms with Crippen LogP contribution in [0.2, 0.25) is 0 Å². The number of carbonyl (C=O) groups excluding carboxylic acids is 1. The number of nitro benzene ring substituents is 1. The van der Waals surface area contributed by atoms with Crippen molar-refractivity contribution in [2.24, 2.45) is 0 Å². The number of anilines is 3. The number of nitro groups is 1. The fraction of sp³-hybridized carbons (Fsp3) is 0.211. The van der Waals surface area contributed by atoms with Gasteiger partial charge in [0.2, 0.25) is 11.0 Å². The van der Waals surface area contributed by atoms with Crippen LogP contribution in [0.4, 0.5) is 22.2 Å². The summed E-state index contributed by atoms with van der Waals surface area (Å²) in [5.41, 5.74) is 3.41. The number of amides is 1. The topological polar surface area (TPSA) is 119 Å². The minimum Gasteiger partial charge on any atom is -0.495 e. The molecule has 0 unspecified atom stereocenters. The Balaban J connectivity index is 1.58. The zero-order valence-corrected chi connectivity index (χ0v) is 18.1. The molecule has 0 bridgehead atoms. The molecule has 156 valence electrons. The highest BCUT2D eigenvalue weighted by Crippen LogP contribution is 2.31. The fourth-order valence-corrected chi connectivity index (χ4v) is 4.05. The van der Waals surface area contributed by atoms with Gasteiger partial charge in [-0.15, -0.1) is 10.2 Å². The third-order valence-electron chi connectivity index (χ3n) is 4.16. The van der Waals surface area contributed by atoms with E-state index in [1.807, 2.05) is 32.0 Å². The van der Waals surface area contributed by atoms with Gasteiger partial charge in [-0.2, -0.15) is 0 Å². The molecule has 2 aromatic carbocycles. The monoisotopic (exact) mass is 445 g/mol. The van der Waals surface area contributed by atoms with Crippen LogP contribution in [0.15, 0.2) is 40.7 Å². The summed E-state index contributed by atoms with van der Waals surface area (Å²) < 4.78 is 5.77. The second kappa shape index (κ2) is 9.55. The molecule has 3 rings (SSSR count). The van der Waals surface area contributed by atoms with E-state index in [0.717, 1.165) is 5.69 Å². The van der Waals surface area contributed by atoms with Crippen molar-refractivity contribution in [1.29, 1.82) is 0 Å². The number of hydrogen-bond donors (Lipinski definition) is 2. The van der Waals surface area contributed by atoms with E-state index in [1.54, 1.807) is 0 Å². The molecular formula is C19H19N5O4S2. The lowest BCUT2D eigenvalue weighted by Crippen LogP contribution is -2.14. The third-order valence-corrected chi connectivity index (χ3v) is 6.13. The summed E-state index contributed by atoms with van der Waals surface area (Å²) in [5, 5.41) is 25.6. The van der Waals surface area contributed by atoms with Crippen LogP contribution in [0, 0.1) is 24.0 Å². The van der Waals surface area contributed by atoms with Gasteiger partial charge in [-0.1, -0.05) is 29.2 Å². The quantitative estimate of drug-likeness (QED) is 0.294. The summed E-state index contributed by atoms with van der Waals surface area (Å²) in [6.07, 6.45) is 0. The van der Waals surface area contributed by atoms with E-state index >= 15 is 0 Å². The molecule has 1 heterocycles. The van der Waals surface area contributed by atoms with Crippen molar-refractivity contribution in [3.63, 3.8) is 0 Å². The Bertz CT molecular complexity index is 1090. The van der Waals surface area contributed by atoms with Crippen LogP contribution in [0.5, 0.6) is 5.75 Å². The van der Waals surface area contributed by atoms with Crippen molar-refractivity contribution in [3.8, 4) is 5.75 Å². The smallest absolute Gasteiger partial charge is 0.271 e. The molecular weight excluding hydrogens is 426 g/mol. The summed E-state index contributed by atoms with van der Waals surface area (Å²) in [6.45, 7) is 4.09. The molecule has 11 heteroatoms. The first kappa shape index (κ1) is 21.5. The number of nitrogens with one attached hydrogen (secondary N) is 2. The van der Waals surface area contributed by atoms with E-state index in [9.17, 15) is 14.9 Å². The lowest BCUT2D eigenvalue weighted by atomic mass is 10.1. The number of carbonyl (C=O) groups is 1. The van der Waals surface area contributed by atoms with Gasteiger partial charge in [-0.3, -0.25) is 14.9 Å². The average Bonchev–Trinajstić information content (AvgIpc) is 3.16. The summed E-state index contributed by atoms with van der Waals surface area (Å²) in [6, 6.07) is 10.0. The van der Waals surface area contributed by atoms with Gasteiger partial charge in [0.05, 0.1) is 23.5 Å². The Morgan fingerprint density at radius 2 is 2.00 bits per heavy atom. The Labute approximate surface area is 181 Å². The minimum atomic E-state index is -0.533. The van der Waals surface area contributed by atoms with E-state index in [-0.39, 0.29) is 23.0 Å². The van der Waals surface area contributed by atoms with Gasteiger partial charge in [-0.25, -0.2) is 0 Å². The van der Waals surface area contributed by atoms with E-state index < -0.39 is 4.92 Å². The highest BCUT2D eigenvalue weighted by atomic mass is 32.2. The van der Waals surface area contributed by atoms with Crippen LogP contribution < -0.4 is 15.4 Å². The maximum absolute atomic E-state index is 12.3. The zero-order valence-electron chi connectivity index (χ0n) is 16.5.